The first-order valence-corrected chi connectivity index (χ1v) is 5.05. The van der Waals surface area contributed by atoms with E-state index in [1.165, 1.54) is 12.1 Å². The number of hydrogen-bond acceptors (Lipinski definition) is 3. The van der Waals surface area contributed by atoms with Gasteiger partial charge in [-0.2, -0.15) is 0 Å². The number of hydrogen-bond donors (Lipinski definition) is 2. The third kappa shape index (κ3) is 5.14. The number of carbonyl (C=O) groups excluding carboxylic acids is 1. The van der Waals surface area contributed by atoms with Gasteiger partial charge < -0.3 is 10.2 Å². The fraction of sp³-hybridized carbons (Fsp3) is 0.333. The number of Topliss-reactive ketones (excluding diaryl/α,β-unsaturated/α-hetero) is 1. The van der Waals surface area contributed by atoms with Crippen LogP contribution in [0.4, 0.5) is 0 Å². The topological polar surface area (TPSA) is 74.6 Å². The lowest BCUT2D eigenvalue weighted by Gasteiger charge is -1.95. The third-order valence-electron chi connectivity index (χ3n) is 1.92. The molecule has 16 heavy (non-hydrogen) atoms. The second-order valence-electron chi connectivity index (χ2n) is 3.07. The number of aromatic hydroxyl groups is 1. The molecule has 1 rings (SSSR count). The summed E-state index contributed by atoms with van der Waals surface area (Å²) in [6.07, 6.45) is 1.38. The van der Waals surface area contributed by atoms with Crippen LogP contribution in [0.25, 0.3) is 0 Å². The molecule has 0 fully saturated rings. The normalized spacial score (nSPS) is 8.88. The van der Waals surface area contributed by atoms with Crippen LogP contribution in [0.2, 0.25) is 0 Å². The van der Waals surface area contributed by atoms with Crippen LogP contribution in [0, 0.1) is 0 Å². The predicted octanol–water partition coefficient (Wildman–Crippen LogP) is 2.47. The van der Waals surface area contributed by atoms with Gasteiger partial charge in [0.05, 0.1) is 0 Å². The second-order valence-corrected chi connectivity index (χ2v) is 3.07. The van der Waals surface area contributed by atoms with Crippen LogP contribution in [0.1, 0.15) is 37.0 Å². The number of phenols is 1. The van der Waals surface area contributed by atoms with E-state index in [2.05, 4.69) is 0 Å². The molecule has 1 aromatic carbocycles. The lowest BCUT2D eigenvalue weighted by molar-refractivity contribution is -0.118. The molecule has 0 radical (unpaired) electrons. The average molecular weight is 224 g/mol. The van der Waals surface area contributed by atoms with Gasteiger partial charge >= 0.3 is 5.97 Å². The van der Waals surface area contributed by atoms with Crippen LogP contribution < -0.4 is 0 Å². The first-order chi connectivity index (χ1) is 7.52. The Morgan fingerprint density at radius 2 is 1.62 bits per heavy atom. The highest BCUT2D eigenvalue weighted by molar-refractivity contribution is 5.90. The van der Waals surface area contributed by atoms with Crippen LogP contribution in [-0.2, 0) is 4.79 Å². The SMILES string of the molecule is CCC(=O)CC.O=C(O)c1ccccc1O. The number of carbonyl (C=O) groups is 2. The van der Waals surface area contributed by atoms with Crippen LogP contribution in [0.5, 0.6) is 5.75 Å². The molecular formula is C12H16O4. The quantitative estimate of drug-likeness (QED) is 0.827. The lowest BCUT2D eigenvalue weighted by Crippen LogP contribution is -1.95. The van der Waals surface area contributed by atoms with Crippen molar-refractivity contribution in [2.24, 2.45) is 0 Å². The summed E-state index contributed by atoms with van der Waals surface area (Å²) in [5, 5.41) is 17.3. The van der Waals surface area contributed by atoms with Gasteiger partial charge in [-0.15, -0.1) is 0 Å². The van der Waals surface area contributed by atoms with E-state index < -0.39 is 5.97 Å². The van der Waals surface area contributed by atoms with E-state index in [0.29, 0.717) is 18.6 Å². The molecule has 0 atom stereocenters. The van der Waals surface area contributed by atoms with Crippen molar-refractivity contribution in [3.05, 3.63) is 29.8 Å². The van der Waals surface area contributed by atoms with Crippen molar-refractivity contribution in [3.8, 4) is 5.75 Å². The van der Waals surface area contributed by atoms with Crippen LogP contribution in [0.15, 0.2) is 24.3 Å². The number of rotatable bonds is 3. The van der Waals surface area contributed by atoms with Crippen molar-refractivity contribution in [1.82, 2.24) is 0 Å². The van der Waals surface area contributed by atoms with Crippen LogP contribution in [-0.4, -0.2) is 22.0 Å². The molecule has 0 heterocycles. The molecule has 4 nitrogen and oxygen atoms in total. The summed E-state index contributed by atoms with van der Waals surface area (Å²) in [4.78, 5) is 20.4. The van der Waals surface area contributed by atoms with E-state index in [1.807, 2.05) is 13.8 Å². The van der Waals surface area contributed by atoms with Crippen molar-refractivity contribution < 1.29 is 19.8 Å². The van der Waals surface area contributed by atoms with Crippen LogP contribution in [0.3, 0.4) is 0 Å². The van der Waals surface area contributed by atoms with Crippen molar-refractivity contribution >= 4 is 11.8 Å². The maximum Gasteiger partial charge on any atom is 0.339 e. The Morgan fingerprint density at radius 3 is 1.88 bits per heavy atom. The molecule has 0 aliphatic heterocycles. The second kappa shape index (κ2) is 7.45. The van der Waals surface area contributed by atoms with Gasteiger partial charge in [-0.05, 0) is 12.1 Å². The largest absolute Gasteiger partial charge is 0.507 e. The zero-order valence-electron chi connectivity index (χ0n) is 9.43. The molecule has 0 unspecified atom stereocenters. The third-order valence-corrected chi connectivity index (χ3v) is 1.92. The summed E-state index contributed by atoms with van der Waals surface area (Å²) < 4.78 is 0. The fourth-order valence-corrected chi connectivity index (χ4v) is 0.904. The molecule has 0 saturated carbocycles. The first-order valence-electron chi connectivity index (χ1n) is 5.05. The zero-order valence-corrected chi connectivity index (χ0v) is 9.43. The van der Waals surface area contributed by atoms with E-state index in [9.17, 15) is 9.59 Å². The number of ketones is 1. The summed E-state index contributed by atoms with van der Waals surface area (Å²) in [5.74, 6) is -0.969. The molecule has 0 amide bonds. The Morgan fingerprint density at radius 1 is 1.12 bits per heavy atom. The Bertz CT molecular complexity index is 352. The zero-order chi connectivity index (χ0) is 12.6. The Balaban J connectivity index is 0.000000325. The summed E-state index contributed by atoms with van der Waals surface area (Å²) >= 11 is 0. The van der Waals surface area contributed by atoms with Gasteiger partial charge in [0, 0.05) is 12.8 Å². The molecule has 0 aromatic heterocycles. The molecule has 88 valence electrons. The van der Waals surface area contributed by atoms with Gasteiger partial charge in [0.25, 0.3) is 0 Å². The Kier molecular flexibility index (Phi) is 6.59. The van der Waals surface area contributed by atoms with E-state index in [1.54, 1.807) is 12.1 Å². The molecule has 1 aromatic rings. The minimum atomic E-state index is -1.11. The van der Waals surface area contributed by atoms with Gasteiger partial charge in [-0.3, -0.25) is 4.79 Å². The number of para-hydroxylation sites is 1. The van der Waals surface area contributed by atoms with E-state index in [0.717, 1.165) is 0 Å². The van der Waals surface area contributed by atoms with E-state index >= 15 is 0 Å². The van der Waals surface area contributed by atoms with Gasteiger partial charge in [0.15, 0.2) is 0 Å². The molecule has 0 aliphatic carbocycles. The van der Waals surface area contributed by atoms with Crippen molar-refractivity contribution in [2.75, 3.05) is 0 Å². The van der Waals surface area contributed by atoms with Gasteiger partial charge in [0.1, 0.15) is 17.1 Å². The summed E-state index contributed by atoms with van der Waals surface area (Å²) in [6.45, 7) is 3.76. The molecule has 0 spiro atoms. The maximum absolute atomic E-state index is 10.3. The van der Waals surface area contributed by atoms with Crippen molar-refractivity contribution in [2.45, 2.75) is 26.7 Å². The molecule has 2 N–H and O–H groups in total. The maximum atomic E-state index is 10.3. The smallest absolute Gasteiger partial charge is 0.339 e. The van der Waals surface area contributed by atoms with Crippen LogP contribution >= 0.6 is 0 Å². The standard InChI is InChI=1S/C7H6O3.C5H10O/c8-6-4-2-1-3-5(6)7(9)10;1-3-5(6)4-2/h1-4,8H,(H,9,10);3-4H2,1-2H3. The Labute approximate surface area is 94.5 Å². The molecule has 0 aliphatic rings. The minimum absolute atomic E-state index is 0.0671. The molecule has 0 saturated heterocycles. The predicted molar refractivity (Wildman–Crippen MR) is 60.7 cm³/mol. The summed E-state index contributed by atoms with van der Waals surface area (Å²) in [7, 11) is 0. The minimum Gasteiger partial charge on any atom is -0.507 e. The van der Waals surface area contributed by atoms with Gasteiger partial charge in [-0.1, -0.05) is 26.0 Å². The first kappa shape index (κ1) is 14.2. The number of aromatic carboxylic acids is 1. The highest BCUT2D eigenvalue weighted by atomic mass is 16.4. The highest BCUT2D eigenvalue weighted by Gasteiger charge is 2.05. The number of carboxylic acid groups (broad SMARTS) is 1. The summed E-state index contributed by atoms with van der Waals surface area (Å²) in [6, 6.07) is 5.81. The van der Waals surface area contributed by atoms with Crippen molar-refractivity contribution in [3.63, 3.8) is 0 Å². The number of carboxylic acids is 1. The average Bonchev–Trinajstić information content (AvgIpc) is 2.29. The number of benzene rings is 1. The van der Waals surface area contributed by atoms with Gasteiger partial charge in [-0.25, -0.2) is 4.79 Å². The Hall–Kier alpha value is -1.84. The van der Waals surface area contributed by atoms with E-state index in [4.69, 9.17) is 10.2 Å². The van der Waals surface area contributed by atoms with E-state index in [-0.39, 0.29) is 11.3 Å². The highest BCUT2D eigenvalue weighted by Crippen LogP contribution is 2.14. The van der Waals surface area contributed by atoms with Gasteiger partial charge in [0.2, 0.25) is 0 Å². The molecule has 0 bridgehead atoms. The summed E-state index contributed by atoms with van der Waals surface area (Å²) in [5.41, 5.74) is -0.0671. The molecular weight excluding hydrogens is 208 g/mol. The van der Waals surface area contributed by atoms with Crippen molar-refractivity contribution in [1.29, 1.82) is 0 Å². The monoisotopic (exact) mass is 224 g/mol. The molecule has 4 heteroatoms. The lowest BCUT2D eigenvalue weighted by atomic mass is 10.2. The fourth-order valence-electron chi connectivity index (χ4n) is 0.904.